The fourth-order valence-electron chi connectivity index (χ4n) is 2.53. The molecule has 1 aromatic heterocycles. The second-order valence-electron chi connectivity index (χ2n) is 4.83. The van der Waals surface area contributed by atoms with Crippen LogP contribution in [0.4, 0.5) is 5.69 Å². The van der Waals surface area contributed by atoms with Gasteiger partial charge in [-0.15, -0.1) is 11.3 Å². The van der Waals surface area contributed by atoms with Gasteiger partial charge in [0.05, 0.1) is 10.7 Å². The van der Waals surface area contributed by atoms with Crippen LogP contribution in [0.3, 0.4) is 0 Å². The van der Waals surface area contributed by atoms with Crippen molar-refractivity contribution in [2.45, 2.75) is 19.8 Å². The maximum absolute atomic E-state index is 12.1. The Morgan fingerprint density at radius 2 is 2.35 bits per heavy atom. The summed E-state index contributed by atoms with van der Waals surface area (Å²) in [5.74, 6) is 0.192. The third kappa shape index (κ3) is 2.52. The Balaban J connectivity index is 1.90. The quantitative estimate of drug-likeness (QED) is 0.789. The van der Waals surface area contributed by atoms with Gasteiger partial charge in [-0.3, -0.25) is 4.79 Å². The van der Waals surface area contributed by atoms with Crippen molar-refractivity contribution in [1.82, 2.24) is 4.98 Å². The van der Waals surface area contributed by atoms with Gasteiger partial charge in [-0.2, -0.15) is 0 Å². The summed E-state index contributed by atoms with van der Waals surface area (Å²) in [5.41, 5.74) is 4.48. The van der Waals surface area contributed by atoms with Crippen LogP contribution in [0.1, 0.15) is 17.0 Å². The van der Waals surface area contributed by atoms with Crippen molar-refractivity contribution in [3.8, 4) is 11.3 Å². The van der Waals surface area contributed by atoms with E-state index in [1.165, 1.54) is 5.56 Å². The highest BCUT2D eigenvalue weighted by Crippen LogP contribution is 2.33. The zero-order chi connectivity index (χ0) is 14.1. The molecule has 1 aliphatic heterocycles. The molecule has 1 amide bonds. The second kappa shape index (κ2) is 5.66. The number of anilines is 1. The highest BCUT2D eigenvalue weighted by Gasteiger charge is 2.24. The number of hydrogen-bond donors (Lipinski definition) is 0. The van der Waals surface area contributed by atoms with Gasteiger partial charge in [-0.25, -0.2) is 4.98 Å². The molecule has 0 aliphatic carbocycles. The lowest BCUT2D eigenvalue weighted by molar-refractivity contribution is -0.118. The average Bonchev–Trinajstić information content (AvgIpc) is 3.04. The van der Waals surface area contributed by atoms with Gasteiger partial charge in [0.15, 0.2) is 0 Å². The molecule has 0 saturated heterocycles. The number of carbonyl (C=O) groups excluding carboxylic acids is 1. The van der Waals surface area contributed by atoms with Gasteiger partial charge in [0, 0.05) is 34.9 Å². The van der Waals surface area contributed by atoms with Crippen LogP contribution < -0.4 is 4.90 Å². The maximum Gasteiger partial charge on any atom is 0.227 e. The van der Waals surface area contributed by atoms with Crippen LogP contribution in [0.5, 0.6) is 0 Å². The molecule has 1 aliphatic rings. The van der Waals surface area contributed by atoms with Crippen molar-refractivity contribution in [3.05, 3.63) is 34.2 Å². The first kappa shape index (κ1) is 13.8. The van der Waals surface area contributed by atoms with Crippen LogP contribution in [0.15, 0.2) is 23.6 Å². The average molecular weight is 351 g/mol. The molecular formula is C15H15BrN2OS. The Labute approximate surface area is 130 Å². The number of rotatable bonds is 3. The number of hydrogen-bond acceptors (Lipinski definition) is 3. The third-order valence-corrected chi connectivity index (χ3v) is 4.67. The SMILES string of the molecule is Cc1nc(-c2ccc3c(c2)CCN3C(=O)CCBr)cs1. The third-order valence-electron chi connectivity index (χ3n) is 3.50. The van der Waals surface area contributed by atoms with Gasteiger partial charge in [-0.05, 0) is 31.0 Å². The van der Waals surface area contributed by atoms with Gasteiger partial charge in [0.25, 0.3) is 0 Å². The van der Waals surface area contributed by atoms with E-state index in [0.717, 1.165) is 34.9 Å². The number of alkyl halides is 1. The molecule has 2 aromatic rings. The molecule has 3 nitrogen and oxygen atoms in total. The molecule has 5 heteroatoms. The summed E-state index contributed by atoms with van der Waals surface area (Å²) in [6.07, 6.45) is 1.48. The van der Waals surface area contributed by atoms with Gasteiger partial charge in [-0.1, -0.05) is 22.0 Å². The first-order valence-corrected chi connectivity index (χ1v) is 8.61. The van der Waals surface area contributed by atoms with E-state index in [1.807, 2.05) is 11.8 Å². The number of aromatic nitrogens is 1. The summed E-state index contributed by atoms with van der Waals surface area (Å²) in [7, 11) is 0. The van der Waals surface area contributed by atoms with Crippen LogP contribution in [0.2, 0.25) is 0 Å². The molecule has 104 valence electrons. The largest absolute Gasteiger partial charge is 0.312 e. The molecule has 0 fully saturated rings. The molecule has 2 heterocycles. The van der Waals surface area contributed by atoms with Crippen molar-refractivity contribution in [1.29, 1.82) is 0 Å². The fourth-order valence-corrected chi connectivity index (χ4v) is 3.49. The standard InChI is InChI=1S/C15H15BrN2OS/c1-10-17-13(9-20-10)11-2-3-14-12(8-11)5-7-18(14)15(19)4-6-16/h2-3,8-9H,4-7H2,1H3. The Hall–Kier alpha value is -1.20. The number of halogens is 1. The minimum Gasteiger partial charge on any atom is -0.312 e. The van der Waals surface area contributed by atoms with Gasteiger partial charge < -0.3 is 4.90 Å². The number of fused-ring (bicyclic) bond motifs is 1. The predicted octanol–water partition coefficient (Wildman–Crippen LogP) is 3.79. The van der Waals surface area contributed by atoms with Crippen molar-refractivity contribution >= 4 is 38.9 Å². The first-order chi connectivity index (χ1) is 9.69. The number of nitrogens with zero attached hydrogens (tertiary/aromatic N) is 2. The molecule has 0 radical (unpaired) electrons. The Bertz CT molecular complexity index is 653. The number of benzene rings is 1. The van der Waals surface area contributed by atoms with E-state index >= 15 is 0 Å². The number of thiazole rings is 1. The summed E-state index contributed by atoms with van der Waals surface area (Å²) in [4.78, 5) is 18.5. The van der Waals surface area contributed by atoms with Crippen molar-refractivity contribution in [3.63, 3.8) is 0 Å². The van der Waals surface area contributed by atoms with E-state index in [1.54, 1.807) is 11.3 Å². The second-order valence-corrected chi connectivity index (χ2v) is 6.68. The van der Waals surface area contributed by atoms with E-state index in [0.29, 0.717) is 11.8 Å². The molecule has 0 unspecified atom stereocenters. The zero-order valence-electron chi connectivity index (χ0n) is 11.2. The van der Waals surface area contributed by atoms with E-state index in [9.17, 15) is 4.79 Å². The molecule has 3 rings (SSSR count). The van der Waals surface area contributed by atoms with Crippen molar-refractivity contribution < 1.29 is 4.79 Å². The zero-order valence-corrected chi connectivity index (χ0v) is 13.6. The maximum atomic E-state index is 12.1. The minimum absolute atomic E-state index is 0.192. The van der Waals surface area contributed by atoms with Crippen molar-refractivity contribution in [2.75, 3.05) is 16.8 Å². The Kier molecular flexibility index (Phi) is 3.89. The lowest BCUT2D eigenvalue weighted by Gasteiger charge is -2.16. The summed E-state index contributed by atoms with van der Waals surface area (Å²) in [5, 5.41) is 3.88. The molecule has 0 saturated carbocycles. The Morgan fingerprint density at radius 1 is 1.50 bits per heavy atom. The lowest BCUT2D eigenvalue weighted by atomic mass is 10.1. The van der Waals surface area contributed by atoms with E-state index in [-0.39, 0.29) is 5.91 Å². The first-order valence-electron chi connectivity index (χ1n) is 6.61. The monoisotopic (exact) mass is 350 g/mol. The van der Waals surface area contributed by atoms with Crippen LogP contribution in [-0.2, 0) is 11.2 Å². The summed E-state index contributed by atoms with van der Waals surface area (Å²) < 4.78 is 0. The molecule has 0 bridgehead atoms. The Morgan fingerprint density at radius 3 is 3.05 bits per heavy atom. The highest BCUT2D eigenvalue weighted by atomic mass is 79.9. The summed E-state index contributed by atoms with van der Waals surface area (Å²) in [6, 6.07) is 6.29. The van der Waals surface area contributed by atoms with Crippen LogP contribution in [0.25, 0.3) is 11.3 Å². The van der Waals surface area contributed by atoms with Crippen molar-refractivity contribution in [2.24, 2.45) is 0 Å². The smallest absolute Gasteiger partial charge is 0.227 e. The van der Waals surface area contributed by atoms with Crippen LogP contribution in [-0.4, -0.2) is 22.8 Å². The van der Waals surface area contributed by atoms with Crippen LogP contribution in [0, 0.1) is 6.92 Å². The molecule has 20 heavy (non-hydrogen) atoms. The lowest BCUT2D eigenvalue weighted by Crippen LogP contribution is -2.28. The topological polar surface area (TPSA) is 33.2 Å². The fraction of sp³-hybridized carbons (Fsp3) is 0.333. The highest BCUT2D eigenvalue weighted by molar-refractivity contribution is 9.09. The van der Waals surface area contributed by atoms with E-state index in [2.05, 4.69) is 44.5 Å². The number of amides is 1. The minimum atomic E-state index is 0.192. The molecule has 1 aromatic carbocycles. The van der Waals surface area contributed by atoms with Crippen LogP contribution >= 0.6 is 27.3 Å². The molecule has 0 atom stereocenters. The number of carbonyl (C=O) groups is 1. The summed E-state index contributed by atoms with van der Waals surface area (Å²) >= 11 is 4.99. The summed E-state index contributed by atoms with van der Waals surface area (Å²) in [6.45, 7) is 2.81. The predicted molar refractivity (Wildman–Crippen MR) is 86.8 cm³/mol. The number of aryl methyl sites for hydroxylation is 1. The molecule has 0 spiro atoms. The normalized spacial score (nSPS) is 13.6. The van der Waals surface area contributed by atoms with Gasteiger partial charge in [0.2, 0.25) is 5.91 Å². The van der Waals surface area contributed by atoms with Gasteiger partial charge >= 0.3 is 0 Å². The van der Waals surface area contributed by atoms with Gasteiger partial charge in [0.1, 0.15) is 0 Å². The molecule has 0 N–H and O–H groups in total. The molecular weight excluding hydrogens is 336 g/mol. The van der Waals surface area contributed by atoms with E-state index in [4.69, 9.17) is 0 Å². The van der Waals surface area contributed by atoms with E-state index < -0.39 is 0 Å².